The number of nitrogens with one attached hydrogen (secondary N) is 2. The minimum Gasteiger partial charge on any atom is -0.494 e. The van der Waals surface area contributed by atoms with Gasteiger partial charge >= 0.3 is 0 Å². The number of anilines is 1. The van der Waals surface area contributed by atoms with E-state index in [1.165, 1.54) is 58.2 Å². The number of aryl methyl sites for hydroxylation is 1. The van der Waals surface area contributed by atoms with Crippen LogP contribution in [0.3, 0.4) is 0 Å². The molecule has 208 valence electrons. The Balaban J connectivity index is 1.06. The number of benzene rings is 1. The lowest BCUT2D eigenvalue weighted by Crippen LogP contribution is -2.42. The molecular weight excluding hydrogens is 488 g/mol. The summed E-state index contributed by atoms with van der Waals surface area (Å²) < 4.78 is 7.73. The lowest BCUT2D eigenvalue weighted by atomic mass is 9.65. The number of carbonyl (C=O) groups is 1. The molecule has 2 N–H and O–H groups in total. The summed E-state index contributed by atoms with van der Waals surface area (Å²) in [5.74, 6) is 1.22. The third-order valence-corrected chi connectivity index (χ3v) is 9.49. The first-order valence-electron chi connectivity index (χ1n) is 14.8. The topological polar surface area (TPSA) is 84.3 Å². The molecule has 0 radical (unpaired) electrons. The molecule has 0 atom stereocenters. The van der Waals surface area contributed by atoms with Gasteiger partial charge in [-0.1, -0.05) is 6.07 Å². The van der Waals surface area contributed by atoms with Crippen LogP contribution < -0.4 is 15.4 Å². The molecule has 1 amide bonds. The zero-order valence-electron chi connectivity index (χ0n) is 23.4. The van der Waals surface area contributed by atoms with E-state index in [0.29, 0.717) is 28.6 Å². The molecular formula is C31H42N6O2. The van der Waals surface area contributed by atoms with Gasteiger partial charge in [-0.25, -0.2) is 4.98 Å². The summed E-state index contributed by atoms with van der Waals surface area (Å²) in [7, 11) is 1.62. The molecule has 8 heteroatoms. The molecule has 3 fully saturated rings. The van der Waals surface area contributed by atoms with Crippen molar-refractivity contribution in [2.75, 3.05) is 45.2 Å². The van der Waals surface area contributed by atoms with Gasteiger partial charge in [0, 0.05) is 43.0 Å². The molecule has 1 aliphatic carbocycles. The fourth-order valence-corrected chi connectivity index (χ4v) is 7.04. The number of carbonyl (C=O) groups excluding carboxylic acids is 1. The molecule has 1 saturated carbocycles. The van der Waals surface area contributed by atoms with E-state index < -0.39 is 0 Å². The predicted octanol–water partition coefficient (Wildman–Crippen LogP) is 5.20. The van der Waals surface area contributed by atoms with Gasteiger partial charge in [0.05, 0.1) is 24.4 Å². The van der Waals surface area contributed by atoms with Crippen LogP contribution in [0.4, 0.5) is 5.69 Å². The van der Waals surface area contributed by atoms with Crippen LogP contribution in [0, 0.1) is 18.3 Å². The Hall–Kier alpha value is -2.97. The van der Waals surface area contributed by atoms with E-state index in [0.717, 1.165) is 48.4 Å². The molecule has 0 unspecified atom stereocenters. The summed E-state index contributed by atoms with van der Waals surface area (Å²) in [5, 5.41) is 12.4. The van der Waals surface area contributed by atoms with Gasteiger partial charge in [0.2, 0.25) is 0 Å². The zero-order chi connectivity index (χ0) is 26.8. The quantitative estimate of drug-likeness (QED) is 0.456. The summed E-state index contributed by atoms with van der Waals surface area (Å²) >= 11 is 0. The number of likely N-dealkylation sites (tertiary alicyclic amines) is 1. The van der Waals surface area contributed by atoms with Crippen LogP contribution >= 0.6 is 0 Å². The Morgan fingerprint density at radius 1 is 1.10 bits per heavy atom. The van der Waals surface area contributed by atoms with Crippen LogP contribution in [0.5, 0.6) is 5.75 Å². The third kappa shape index (κ3) is 5.82. The Morgan fingerprint density at radius 3 is 2.59 bits per heavy atom. The highest BCUT2D eigenvalue weighted by molar-refractivity contribution is 6.05. The van der Waals surface area contributed by atoms with E-state index in [9.17, 15) is 4.79 Å². The third-order valence-electron chi connectivity index (χ3n) is 9.49. The van der Waals surface area contributed by atoms with Crippen LogP contribution in [0.15, 0.2) is 36.5 Å². The van der Waals surface area contributed by atoms with Gasteiger partial charge in [0.25, 0.3) is 5.91 Å². The Kier molecular flexibility index (Phi) is 7.58. The molecule has 0 bridgehead atoms. The summed E-state index contributed by atoms with van der Waals surface area (Å²) in [6.07, 6.45) is 12.8. The minimum absolute atomic E-state index is 0.250. The van der Waals surface area contributed by atoms with Crippen LogP contribution in [0.1, 0.15) is 73.6 Å². The molecule has 3 aromatic rings. The number of rotatable bonds is 6. The monoisotopic (exact) mass is 530 g/mol. The summed E-state index contributed by atoms with van der Waals surface area (Å²) in [5.41, 5.74) is 3.36. The highest BCUT2D eigenvalue weighted by Gasteiger charge is 2.36. The summed E-state index contributed by atoms with van der Waals surface area (Å²) in [4.78, 5) is 19.9. The van der Waals surface area contributed by atoms with Gasteiger partial charge in [-0.3, -0.25) is 9.48 Å². The molecule has 39 heavy (non-hydrogen) atoms. The number of pyridine rings is 1. The largest absolute Gasteiger partial charge is 0.494 e. The Labute approximate surface area is 231 Å². The molecule has 3 aliphatic rings. The maximum atomic E-state index is 12.8. The molecule has 2 saturated heterocycles. The molecule has 1 spiro atoms. The average Bonchev–Trinajstić information content (AvgIpc) is 3.38. The second-order valence-electron chi connectivity index (χ2n) is 12.1. The molecule has 6 rings (SSSR count). The van der Waals surface area contributed by atoms with E-state index >= 15 is 0 Å². The van der Waals surface area contributed by atoms with Gasteiger partial charge < -0.3 is 20.3 Å². The van der Waals surface area contributed by atoms with E-state index in [2.05, 4.69) is 31.4 Å². The highest BCUT2D eigenvalue weighted by atomic mass is 16.5. The lowest BCUT2D eigenvalue weighted by molar-refractivity contribution is 0.0781. The molecule has 8 nitrogen and oxygen atoms in total. The van der Waals surface area contributed by atoms with Crippen molar-refractivity contribution in [1.29, 1.82) is 0 Å². The second-order valence-corrected chi connectivity index (χ2v) is 12.1. The van der Waals surface area contributed by atoms with Crippen LogP contribution in [0.2, 0.25) is 0 Å². The number of fused-ring (bicyclic) bond motifs is 1. The van der Waals surface area contributed by atoms with Crippen molar-refractivity contribution >= 4 is 22.5 Å². The average molecular weight is 531 g/mol. The fourth-order valence-electron chi connectivity index (χ4n) is 7.04. The second kappa shape index (κ2) is 11.3. The normalized spacial score (nSPS) is 20.9. The van der Waals surface area contributed by atoms with Crippen LogP contribution in [-0.4, -0.2) is 65.4 Å². The number of nitrogens with zero attached hydrogens (tertiary/aromatic N) is 4. The number of piperidine rings is 2. The summed E-state index contributed by atoms with van der Waals surface area (Å²) in [6, 6.07) is 9.71. The number of aromatic nitrogens is 3. The maximum absolute atomic E-state index is 12.8. The minimum atomic E-state index is -0.250. The molecule has 4 heterocycles. The van der Waals surface area contributed by atoms with Crippen molar-refractivity contribution in [2.24, 2.45) is 11.3 Å². The number of hydrogen-bond donors (Lipinski definition) is 2. The van der Waals surface area contributed by atoms with Crippen molar-refractivity contribution in [3.05, 3.63) is 47.9 Å². The first-order chi connectivity index (χ1) is 19.0. The van der Waals surface area contributed by atoms with Gasteiger partial charge in [-0.05, 0) is 101 Å². The first-order valence-corrected chi connectivity index (χ1v) is 14.8. The van der Waals surface area contributed by atoms with E-state index in [-0.39, 0.29) is 5.91 Å². The first kappa shape index (κ1) is 26.3. The van der Waals surface area contributed by atoms with Crippen molar-refractivity contribution in [3.8, 4) is 5.75 Å². The number of hydrogen-bond acceptors (Lipinski definition) is 6. The smallest absolute Gasteiger partial charge is 0.274 e. The Bertz CT molecular complexity index is 1300. The van der Waals surface area contributed by atoms with Gasteiger partial charge in [-0.2, -0.15) is 5.10 Å². The highest BCUT2D eigenvalue weighted by Crippen LogP contribution is 2.45. The number of amides is 1. The lowest BCUT2D eigenvalue weighted by Gasteiger charge is -2.44. The van der Waals surface area contributed by atoms with Crippen molar-refractivity contribution < 1.29 is 9.53 Å². The van der Waals surface area contributed by atoms with Crippen molar-refractivity contribution in [1.82, 2.24) is 25.0 Å². The molecule has 2 aliphatic heterocycles. The van der Waals surface area contributed by atoms with Gasteiger partial charge in [0.15, 0.2) is 0 Å². The van der Waals surface area contributed by atoms with Crippen molar-refractivity contribution in [2.45, 2.75) is 64.3 Å². The van der Waals surface area contributed by atoms with E-state index in [1.54, 1.807) is 13.2 Å². The van der Waals surface area contributed by atoms with Crippen LogP contribution in [-0.2, 0) is 0 Å². The fraction of sp³-hybridized carbons (Fsp3) is 0.581. The number of methoxy groups -OCH3 is 1. The summed E-state index contributed by atoms with van der Waals surface area (Å²) in [6.45, 7) is 7.85. The molecule has 2 aromatic heterocycles. The van der Waals surface area contributed by atoms with Crippen LogP contribution in [0.25, 0.3) is 10.9 Å². The maximum Gasteiger partial charge on any atom is 0.274 e. The van der Waals surface area contributed by atoms with Gasteiger partial charge in [0.1, 0.15) is 11.4 Å². The number of ether oxygens (including phenoxy) is 1. The van der Waals surface area contributed by atoms with Gasteiger partial charge in [-0.15, -0.1) is 0 Å². The van der Waals surface area contributed by atoms with E-state index in [1.807, 2.05) is 31.2 Å². The molecule has 1 aromatic carbocycles. The predicted molar refractivity (Wildman–Crippen MR) is 154 cm³/mol. The van der Waals surface area contributed by atoms with Crippen molar-refractivity contribution in [3.63, 3.8) is 0 Å². The Morgan fingerprint density at radius 2 is 1.87 bits per heavy atom. The standard InChI is InChI=1S/C31H42N6O2/c1-22-4-3-5-26(33-22)30(38)34-28-18-24-21-37(35-27(24)19-29(28)39-2)25-8-16-36(17-9-25)20-23-6-10-31(11-7-23)12-14-32-15-13-31/h3-5,18-19,21,23,25,32H,6-17,20H2,1-2H3,(H,34,38). The van der Waals surface area contributed by atoms with E-state index in [4.69, 9.17) is 9.84 Å². The zero-order valence-corrected chi connectivity index (χ0v) is 23.4. The SMILES string of the molecule is COc1cc2nn(C3CCN(CC4CCC5(CCNCC5)CC4)CC3)cc2cc1NC(=O)c1cccc(C)n1.